The van der Waals surface area contributed by atoms with Gasteiger partial charge in [-0.2, -0.15) is 0 Å². The van der Waals surface area contributed by atoms with Crippen LogP contribution < -0.4 is 214 Å². The second-order valence-corrected chi connectivity index (χ2v) is 4.47. The SMILES string of the molecule is O=C([O-])O.O=C([O-])O.O=C([O-])O.O=S(=O)([O-])[O-].O=S(=O)([O-])[O-].O=S(=O)([O-])[O-].[Ca+2].[Ca+2].[Cl-].[Cl-].[Cl-].[K+].[K+].[Mg+2].[Mg+2].[Na+].[Na+]. The Labute approximate surface area is 456 Å². The molecular weight excluding hydrogens is 828 g/mol. The van der Waals surface area contributed by atoms with Crippen LogP contribution in [0.1, 0.15) is 0 Å². The summed E-state index contributed by atoms with van der Waals surface area (Å²) in [6.07, 6.45) is -6.25. The van der Waals surface area contributed by atoms with E-state index in [9.17, 15) is 0 Å². The molecule has 0 amide bonds. The molecule has 0 aromatic rings. The van der Waals surface area contributed by atoms with Crippen LogP contribution in [0.5, 0.6) is 0 Å². The maximum absolute atomic E-state index is 8.52. The molecule has 0 radical (unpaired) electrons. The molecule has 0 spiro atoms. The summed E-state index contributed by atoms with van der Waals surface area (Å²) in [5, 5.41) is 45.9. The predicted molar refractivity (Wildman–Crippen MR) is 78.5 cm³/mol. The Morgan fingerprint density at radius 3 is 0.447 bits per heavy atom. The van der Waals surface area contributed by atoms with Crippen LogP contribution in [0.3, 0.4) is 0 Å². The molecular formula is C3H3Ca2Cl3K2Mg2Na2O21S3. The van der Waals surface area contributed by atoms with Crippen molar-refractivity contribution in [3.8, 4) is 0 Å². The van der Waals surface area contributed by atoms with E-state index in [4.69, 9.17) is 97.6 Å². The average molecular weight is 831 g/mol. The van der Waals surface area contributed by atoms with E-state index in [0.717, 1.165) is 0 Å². The molecule has 0 aliphatic heterocycles. The Balaban J connectivity index is -0.00000000880. The average Bonchev–Trinajstić information content (AvgIpc) is 2.01. The van der Waals surface area contributed by atoms with E-state index in [0.29, 0.717) is 0 Å². The molecule has 0 aliphatic carbocycles. The third-order valence-electron chi connectivity index (χ3n) is 0. The molecule has 35 heteroatoms. The standard InChI is InChI=1S/3CH2O3.2Ca.3ClH.2K.2Mg.2Na.3H2O4S/c3*2-1(3)4;;;;;;;;;;;;3*1-5(2,3)4/h3*(H2,2,3,4);;;3*1H;;;;;;;3*(H2,1,2,3,4)/q;;;2*+2;;;;2*+1;2*+2;2*+1;;;/p-12. The molecule has 0 heterocycles. The van der Waals surface area contributed by atoms with Gasteiger partial charge in [0.05, 0.1) is 0 Å². The van der Waals surface area contributed by atoms with Crippen molar-refractivity contribution < 1.29 is 297 Å². The molecule has 192 valence electrons. The van der Waals surface area contributed by atoms with Crippen LogP contribution in [0.2, 0.25) is 0 Å². The summed E-state index contributed by atoms with van der Waals surface area (Å²) in [7, 11) is -15.5. The maximum Gasteiger partial charge on any atom is 2.00 e. The molecule has 0 rings (SSSR count). The first kappa shape index (κ1) is 111. The Bertz CT molecular complexity index is 612. The molecule has 0 unspecified atom stereocenters. The van der Waals surface area contributed by atoms with Crippen molar-refractivity contribution in [2.45, 2.75) is 0 Å². The number of carboxylic acid groups (broad SMARTS) is 6. The summed E-state index contributed by atoms with van der Waals surface area (Å²) >= 11 is 0. The van der Waals surface area contributed by atoms with Gasteiger partial charge < -0.3 is 110 Å². The molecule has 0 atom stereocenters. The van der Waals surface area contributed by atoms with Crippen molar-refractivity contribution in [2.75, 3.05) is 0 Å². The van der Waals surface area contributed by atoms with Gasteiger partial charge in [0.25, 0.3) is 0 Å². The third-order valence-corrected chi connectivity index (χ3v) is 0. The molecule has 0 aromatic heterocycles. The van der Waals surface area contributed by atoms with Gasteiger partial charge in [0.2, 0.25) is 18.5 Å². The van der Waals surface area contributed by atoms with Crippen LogP contribution in [-0.2, 0) is 31.2 Å². The fourth-order valence-electron chi connectivity index (χ4n) is 0. The van der Waals surface area contributed by atoms with Gasteiger partial charge in [0.1, 0.15) is 0 Å². The molecule has 0 saturated carbocycles. The van der Waals surface area contributed by atoms with Gasteiger partial charge >= 0.3 is 283 Å². The van der Waals surface area contributed by atoms with E-state index in [2.05, 4.69) is 0 Å². The Hall–Kier alpha value is 7.61. The van der Waals surface area contributed by atoms with E-state index in [1.807, 2.05) is 0 Å². The maximum atomic E-state index is 8.52. The van der Waals surface area contributed by atoms with Crippen molar-refractivity contribution in [3.63, 3.8) is 0 Å². The normalized spacial score (nSPS) is 6.47. The van der Waals surface area contributed by atoms with Crippen LogP contribution in [-0.4, -0.2) is 208 Å². The van der Waals surface area contributed by atoms with Gasteiger partial charge in [-0.25, -0.2) is 0 Å². The third kappa shape index (κ3) is 1370. The van der Waals surface area contributed by atoms with E-state index in [1.165, 1.54) is 0 Å². The minimum Gasteiger partial charge on any atom is -1.00 e. The zero-order valence-electron chi connectivity index (χ0n) is 19.4. The van der Waals surface area contributed by atoms with Crippen molar-refractivity contribution in [1.29, 1.82) is 0 Å². The summed E-state index contributed by atoms with van der Waals surface area (Å²) in [6, 6.07) is 0. The summed E-state index contributed by atoms with van der Waals surface area (Å²) < 4.78 is 102. The quantitative estimate of drug-likeness (QED) is 0.116. The number of hydrogen-bond donors (Lipinski definition) is 3. The smallest absolute Gasteiger partial charge is 1.00 e. The second-order valence-electron chi connectivity index (χ2n) is 2.02. The van der Waals surface area contributed by atoms with Crippen molar-refractivity contribution >= 4 is 171 Å². The molecule has 3 N–H and O–H groups in total. The number of carbonyl (C=O) groups is 3. The monoisotopic (exact) mass is 828 g/mol. The topological polar surface area (TPSA) is 422 Å². The van der Waals surface area contributed by atoms with Crippen molar-refractivity contribution in [1.82, 2.24) is 0 Å². The van der Waals surface area contributed by atoms with Gasteiger partial charge in [0, 0.05) is 31.2 Å². The van der Waals surface area contributed by atoms with Gasteiger partial charge in [-0.3, -0.25) is 25.3 Å². The number of halogens is 3. The van der Waals surface area contributed by atoms with Crippen LogP contribution >= 0.6 is 0 Å². The molecule has 0 bridgehead atoms. The van der Waals surface area contributed by atoms with E-state index < -0.39 is 49.7 Å². The molecule has 0 aromatic carbocycles. The summed E-state index contributed by atoms with van der Waals surface area (Å²) in [5.74, 6) is 0. The fraction of sp³-hybridized carbons (Fsp3) is 0. The zero-order valence-corrected chi connectivity index (χ0v) is 41.6. The Kier molecular flexibility index (Phi) is 207. The van der Waals surface area contributed by atoms with E-state index in [1.54, 1.807) is 0 Å². The summed E-state index contributed by atoms with van der Waals surface area (Å²) in [4.78, 5) is 25.3. The molecule has 38 heavy (non-hydrogen) atoms. The second kappa shape index (κ2) is 70.8. The molecule has 0 aliphatic rings. The zero-order chi connectivity index (χ0) is 24.2. The van der Waals surface area contributed by atoms with E-state index >= 15 is 0 Å². The first-order valence-corrected chi connectivity index (χ1v) is 7.90. The van der Waals surface area contributed by atoms with E-state index in [-0.39, 0.29) is 321 Å². The summed E-state index contributed by atoms with van der Waals surface area (Å²) in [5.41, 5.74) is 0. The Morgan fingerprint density at radius 1 is 0.447 bits per heavy atom. The van der Waals surface area contributed by atoms with Crippen LogP contribution in [0, 0.1) is 0 Å². The van der Waals surface area contributed by atoms with Gasteiger partial charge in [-0.1, -0.05) is 0 Å². The Morgan fingerprint density at radius 2 is 0.447 bits per heavy atom. The molecule has 0 saturated heterocycles. The van der Waals surface area contributed by atoms with Crippen LogP contribution in [0.4, 0.5) is 14.4 Å². The van der Waals surface area contributed by atoms with Crippen molar-refractivity contribution in [3.05, 3.63) is 0 Å². The minimum atomic E-state index is -5.17. The van der Waals surface area contributed by atoms with Crippen LogP contribution in [0.25, 0.3) is 0 Å². The largest absolute Gasteiger partial charge is 2.00 e. The molecule has 0 fully saturated rings. The first-order chi connectivity index (χ1) is 11.2. The summed E-state index contributed by atoms with van der Waals surface area (Å²) in [6.45, 7) is 0. The number of rotatable bonds is 0. The van der Waals surface area contributed by atoms with Crippen molar-refractivity contribution in [2.24, 2.45) is 0 Å². The van der Waals surface area contributed by atoms with Gasteiger partial charge in [-0.05, 0) is 0 Å². The number of hydrogen-bond acceptors (Lipinski definition) is 18. The fourth-order valence-corrected chi connectivity index (χ4v) is 0. The van der Waals surface area contributed by atoms with Crippen LogP contribution in [0.15, 0.2) is 0 Å². The minimum absolute atomic E-state index is 0. The van der Waals surface area contributed by atoms with Gasteiger partial charge in [0.15, 0.2) is 0 Å². The molecule has 21 nitrogen and oxygen atoms in total. The van der Waals surface area contributed by atoms with Gasteiger partial charge in [-0.15, -0.1) is 0 Å². The first-order valence-electron chi connectivity index (χ1n) is 3.90. The predicted octanol–water partition coefficient (Wildman–Crippen LogP) is -29.8.